The first kappa shape index (κ1) is 15.0. The Bertz CT molecular complexity index is 455. The summed E-state index contributed by atoms with van der Waals surface area (Å²) in [6, 6.07) is 9.98. The van der Waals surface area contributed by atoms with Gasteiger partial charge in [0.05, 0.1) is 0 Å². The second-order valence-electron chi connectivity index (χ2n) is 6.41. The molecule has 3 unspecified atom stereocenters. The molecule has 110 valence electrons. The van der Waals surface area contributed by atoms with E-state index in [0.29, 0.717) is 12.0 Å². The van der Waals surface area contributed by atoms with E-state index < -0.39 is 5.54 Å². The van der Waals surface area contributed by atoms with Gasteiger partial charge in [-0.1, -0.05) is 50.1 Å². The molecule has 0 radical (unpaired) electrons. The number of hydrogen-bond donors (Lipinski definition) is 1. The van der Waals surface area contributed by atoms with Crippen molar-refractivity contribution in [1.29, 1.82) is 0 Å². The zero-order chi connectivity index (χ0) is 14.8. The minimum absolute atomic E-state index is 0.0165. The largest absolute Gasteiger partial charge is 0.341 e. The van der Waals surface area contributed by atoms with Crippen LogP contribution in [-0.4, -0.2) is 23.9 Å². The van der Waals surface area contributed by atoms with Crippen LogP contribution in [0, 0.1) is 5.92 Å². The van der Waals surface area contributed by atoms with E-state index in [-0.39, 0.29) is 5.91 Å². The van der Waals surface area contributed by atoms with E-state index >= 15 is 0 Å². The smallest absolute Gasteiger partial charge is 0.246 e. The lowest BCUT2D eigenvalue weighted by Gasteiger charge is -2.38. The quantitative estimate of drug-likeness (QED) is 0.921. The predicted octanol–water partition coefficient (Wildman–Crippen LogP) is 2.90. The first-order valence-corrected chi connectivity index (χ1v) is 7.54. The Balaban J connectivity index is 2.13. The molecule has 2 rings (SSSR count). The summed E-state index contributed by atoms with van der Waals surface area (Å²) in [5, 5.41) is 0. The predicted molar refractivity (Wildman–Crippen MR) is 82.2 cm³/mol. The molecule has 1 fully saturated rings. The summed E-state index contributed by atoms with van der Waals surface area (Å²) in [6.45, 7) is 4.08. The molecule has 1 aliphatic rings. The minimum atomic E-state index is -0.948. The normalized spacial score (nSPS) is 25.8. The number of hydrogen-bond acceptors (Lipinski definition) is 2. The molecule has 3 nitrogen and oxygen atoms in total. The number of benzene rings is 1. The molecule has 1 aromatic rings. The zero-order valence-corrected chi connectivity index (χ0v) is 12.8. The molecule has 1 aromatic carbocycles. The lowest BCUT2D eigenvalue weighted by atomic mass is 9.84. The molecule has 0 saturated heterocycles. The molecule has 1 amide bonds. The number of carbonyl (C=O) groups is 1. The highest BCUT2D eigenvalue weighted by Crippen LogP contribution is 2.29. The van der Waals surface area contributed by atoms with E-state index in [1.54, 1.807) is 0 Å². The van der Waals surface area contributed by atoms with Crippen molar-refractivity contribution in [2.45, 2.75) is 51.1 Å². The van der Waals surface area contributed by atoms with Crippen LogP contribution in [0.4, 0.5) is 0 Å². The third kappa shape index (κ3) is 3.04. The average Bonchev–Trinajstić information content (AvgIpc) is 2.46. The Morgan fingerprint density at radius 3 is 2.55 bits per heavy atom. The van der Waals surface area contributed by atoms with Gasteiger partial charge in [0.1, 0.15) is 5.54 Å². The molecular weight excluding hydrogens is 248 g/mol. The Kier molecular flexibility index (Phi) is 4.48. The summed E-state index contributed by atoms with van der Waals surface area (Å²) in [6.07, 6.45) is 4.66. The first-order valence-electron chi connectivity index (χ1n) is 7.54. The minimum Gasteiger partial charge on any atom is -0.341 e. The van der Waals surface area contributed by atoms with Gasteiger partial charge in [-0.2, -0.15) is 0 Å². The van der Waals surface area contributed by atoms with Crippen LogP contribution in [0.25, 0.3) is 0 Å². The van der Waals surface area contributed by atoms with Crippen molar-refractivity contribution >= 4 is 5.91 Å². The van der Waals surface area contributed by atoms with Gasteiger partial charge in [-0.3, -0.25) is 4.79 Å². The van der Waals surface area contributed by atoms with Crippen molar-refractivity contribution in [3.8, 4) is 0 Å². The maximum Gasteiger partial charge on any atom is 0.246 e. The zero-order valence-electron chi connectivity index (χ0n) is 12.8. The van der Waals surface area contributed by atoms with Crippen molar-refractivity contribution < 1.29 is 4.79 Å². The third-order valence-corrected chi connectivity index (χ3v) is 4.59. The van der Waals surface area contributed by atoms with Gasteiger partial charge in [-0.25, -0.2) is 0 Å². The van der Waals surface area contributed by atoms with Gasteiger partial charge in [0.25, 0.3) is 0 Å². The summed E-state index contributed by atoms with van der Waals surface area (Å²) in [5.41, 5.74) is 6.26. The Morgan fingerprint density at radius 2 is 1.95 bits per heavy atom. The van der Waals surface area contributed by atoms with E-state index in [4.69, 9.17) is 5.73 Å². The SMILES string of the molecule is CC1CCCC(N(C)C(=O)C(C)(N)c2ccccc2)C1. The summed E-state index contributed by atoms with van der Waals surface area (Å²) in [4.78, 5) is 14.6. The third-order valence-electron chi connectivity index (χ3n) is 4.59. The molecule has 0 heterocycles. The fraction of sp³-hybridized carbons (Fsp3) is 0.588. The molecular formula is C17H26N2O. The molecule has 0 bridgehead atoms. The van der Waals surface area contributed by atoms with E-state index in [1.807, 2.05) is 49.2 Å². The van der Waals surface area contributed by atoms with Crippen LogP contribution in [0.1, 0.15) is 45.1 Å². The lowest BCUT2D eigenvalue weighted by Crippen LogP contribution is -2.53. The van der Waals surface area contributed by atoms with Gasteiger partial charge in [0.15, 0.2) is 0 Å². The Labute approximate surface area is 122 Å². The number of nitrogens with zero attached hydrogens (tertiary/aromatic N) is 1. The molecule has 0 aliphatic heterocycles. The van der Waals surface area contributed by atoms with Crippen LogP contribution < -0.4 is 5.73 Å². The Hall–Kier alpha value is -1.35. The maximum absolute atomic E-state index is 12.8. The molecule has 0 spiro atoms. The highest BCUT2D eigenvalue weighted by atomic mass is 16.2. The molecule has 3 heteroatoms. The van der Waals surface area contributed by atoms with Crippen LogP contribution in [0.3, 0.4) is 0 Å². The highest BCUT2D eigenvalue weighted by molar-refractivity contribution is 5.87. The van der Waals surface area contributed by atoms with Crippen molar-refractivity contribution in [3.63, 3.8) is 0 Å². The second-order valence-corrected chi connectivity index (χ2v) is 6.41. The van der Waals surface area contributed by atoms with Crippen LogP contribution in [0.2, 0.25) is 0 Å². The summed E-state index contributed by atoms with van der Waals surface area (Å²) >= 11 is 0. The van der Waals surface area contributed by atoms with Gasteiger partial charge in [-0.15, -0.1) is 0 Å². The number of rotatable bonds is 3. The topological polar surface area (TPSA) is 46.3 Å². The molecule has 3 atom stereocenters. The van der Waals surface area contributed by atoms with Gasteiger partial charge in [0.2, 0.25) is 5.91 Å². The fourth-order valence-electron chi connectivity index (χ4n) is 3.19. The van der Waals surface area contributed by atoms with E-state index in [1.165, 1.54) is 12.8 Å². The molecule has 1 aliphatic carbocycles. The van der Waals surface area contributed by atoms with Crippen LogP contribution >= 0.6 is 0 Å². The number of carbonyl (C=O) groups excluding carboxylic acids is 1. The standard InChI is InChI=1S/C17H26N2O/c1-13-8-7-11-15(12-13)19(3)16(20)17(2,18)14-9-5-4-6-10-14/h4-6,9-10,13,15H,7-8,11-12,18H2,1-3H3. The van der Waals surface area contributed by atoms with Gasteiger partial charge < -0.3 is 10.6 Å². The van der Waals surface area contributed by atoms with Crippen LogP contribution in [0.15, 0.2) is 30.3 Å². The summed E-state index contributed by atoms with van der Waals surface area (Å²) in [5.74, 6) is 0.715. The van der Waals surface area contributed by atoms with Crippen molar-refractivity contribution in [2.24, 2.45) is 11.7 Å². The maximum atomic E-state index is 12.8. The summed E-state index contributed by atoms with van der Waals surface area (Å²) < 4.78 is 0. The molecule has 0 aromatic heterocycles. The Morgan fingerprint density at radius 1 is 1.30 bits per heavy atom. The number of likely N-dealkylation sites (N-methyl/N-ethyl adjacent to an activating group) is 1. The fourth-order valence-corrected chi connectivity index (χ4v) is 3.19. The second kappa shape index (κ2) is 5.96. The monoisotopic (exact) mass is 274 g/mol. The van der Waals surface area contributed by atoms with Crippen molar-refractivity contribution in [3.05, 3.63) is 35.9 Å². The highest BCUT2D eigenvalue weighted by Gasteiger charge is 2.36. The summed E-state index contributed by atoms with van der Waals surface area (Å²) in [7, 11) is 1.90. The lowest BCUT2D eigenvalue weighted by molar-refractivity contribution is -0.138. The van der Waals surface area contributed by atoms with Crippen molar-refractivity contribution in [2.75, 3.05) is 7.05 Å². The van der Waals surface area contributed by atoms with Gasteiger partial charge in [-0.05, 0) is 31.2 Å². The average molecular weight is 274 g/mol. The number of nitrogens with two attached hydrogens (primary N) is 1. The van der Waals surface area contributed by atoms with Gasteiger partial charge >= 0.3 is 0 Å². The number of amides is 1. The molecule has 20 heavy (non-hydrogen) atoms. The first-order chi connectivity index (χ1) is 9.43. The van der Waals surface area contributed by atoms with E-state index in [2.05, 4.69) is 6.92 Å². The van der Waals surface area contributed by atoms with E-state index in [9.17, 15) is 4.79 Å². The molecule has 1 saturated carbocycles. The molecule has 2 N–H and O–H groups in total. The van der Waals surface area contributed by atoms with Crippen LogP contribution in [0.5, 0.6) is 0 Å². The van der Waals surface area contributed by atoms with Gasteiger partial charge in [0, 0.05) is 13.1 Å². The van der Waals surface area contributed by atoms with Crippen molar-refractivity contribution in [1.82, 2.24) is 4.90 Å². The van der Waals surface area contributed by atoms with E-state index in [0.717, 1.165) is 18.4 Å². The van der Waals surface area contributed by atoms with Crippen LogP contribution in [-0.2, 0) is 10.3 Å².